The monoisotopic (exact) mass is 222 g/mol. The van der Waals surface area contributed by atoms with Gasteiger partial charge in [-0.25, -0.2) is 0 Å². The Bertz CT molecular complexity index is 321. The lowest BCUT2D eigenvalue weighted by Crippen LogP contribution is -2.40. The van der Waals surface area contributed by atoms with Crippen molar-refractivity contribution in [3.8, 4) is 0 Å². The number of hydrogen-bond donors (Lipinski definition) is 2. The number of hydrogen-bond acceptors (Lipinski definition) is 3. The zero-order valence-electron chi connectivity index (χ0n) is 10.0. The van der Waals surface area contributed by atoms with Gasteiger partial charge in [0.2, 0.25) is 0 Å². The quantitative estimate of drug-likeness (QED) is 0.793. The third kappa shape index (κ3) is 3.32. The highest BCUT2D eigenvalue weighted by molar-refractivity contribution is 5.04. The number of nitrogens with one attached hydrogen (secondary N) is 1. The maximum absolute atomic E-state index is 5.96. The summed E-state index contributed by atoms with van der Waals surface area (Å²) in [6.45, 7) is 1.03. The van der Waals surface area contributed by atoms with E-state index < -0.39 is 0 Å². The Hall–Kier alpha value is -0.870. The fourth-order valence-electron chi connectivity index (χ4n) is 2.43. The van der Waals surface area contributed by atoms with E-state index in [-0.39, 0.29) is 0 Å². The second-order valence-electron chi connectivity index (χ2n) is 4.85. The molecule has 3 N–H and O–H groups in total. The molecule has 0 saturated heterocycles. The molecule has 1 saturated carbocycles. The molecule has 4 heteroatoms. The van der Waals surface area contributed by atoms with Crippen molar-refractivity contribution in [2.45, 2.75) is 44.2 Å². The van der Waals surface area contributed by atoms with Gasteiger partial charge < -0.3 is 11.1 Å². The standard InChI is InChI=1S/C12H22N4/c1-16-9-10(8-15-16)5-6-14-12-4-2-3-11(13)7-12/h8-9,11-12,14H,2-7,13H2,1H3. The number of aryl methyl sites for hydroxylation is 1. The first-order chi connectivity index (χ1) is 7.74. The SMILES string of the molecule is Cn1cc(CCNC2CCCC(N)C2)cn1. The largest absolute Gasteiger partial charge is 0.328 e. The predicted molar refractivity (Wildman–Crippen MR) is 65.1 cm³/mol. The van der Waals surface area contributed by atoms with Crippen molar-refractivity contribution in [1.29, 1.82) is 0 Å². The zero-order valence-corrected chi connectivity index (χ0v) is 10.0. The van der Waals surface area contributed by atoms with E-state index >= 15 is 0 Å². The molecule has 2 rings (SSSR count). The van der Waals surface area contributed by atoms with Crippen molar-refractivity contribution >= 4 is 0 Å². The number of rotatable bonds is 4. The molecule has 1 aliphatic carbocycles. The molecule has 1 aromatic heterocycles. The fraction of sp³-hybridized carbons (Fsp3) is 0.750. The minimum absolute atomic E-state index is 0.407. The van der Waals surface area contributed by atoms with Gasteiger partial charge in [0.1, 0.15) is 0 Å². The van der Waals surface area contributed by atoms with Crippen molar-refractivity contribution < 1.29 is 0 Å². The lowest BCUT2D eigenvalue weighted by atomic mass is 9.91. The Morgan fingerprint density at radius 2 is 2.44 bits per heavy atom. The maximum Gasteiger partial charge on any atom is 0.0522 e. The average Bonchev–Trinajstić information content (AvgIpc) is 2.64. The lowest BCUT2D eigenvalue weighted by Gasteiger charge is -2.27. The normalized spacial score (nSPS) is 25.9. The van der Waals surface area contributed by atoms with E-state index in [0.717, 1.165) is 19.4 Å². The van der Waals surface area contributed by atoms with Gasteiger partial charge in [-0.05, 0) is 37.8 Å². The van der Waals surface area contributed by atoms with Crippen LogP contribution in [0.2, 0.25) is 0 Å². The van der Waals surface area contributed by atoms with Crippen LogP contribution in [0.25, 0.3) is 0 Å². The van der Waals surface area contributed by atoms with E-state index in [1.165, 1.54) is 24.8 Å². The van der Waals surface area contributed by atoms with Gasteiger partial charge in [0, 0.05) is 25.3 Å². The second-order valence-corrected chi connectivity index (χ2v) is 4.85. The molecule has 0 radical (unpaired) electrons. The summed E-state index contributed by atoms with van der Waals surface area (Å²) in [5, 5.41) is 7.76. The van der Waals surface area contributed by atoms with Crippen molar-refractivity contribution in [2.75, 3.05) is 6.54 Å². The summed E-state index contributed by atoms with van der Waals surface area (Å²) in [5.41, 5.74) is 7.26. The first kappa shape index (κ1) is 11.6. The maximum atomic E-state index is 5.96. The van der Waals surface area contributed by atoms with Crippen molar-refractivity contribution in [3.63, 3.8) is 0 Å². The summed E-state index contributed by atoms with van der Waals surface area (Å²) < 4.78 is 1.85. The Morgan fingerprint density at radius 3 is 3.12 bits per heavy atom. The number of nitrogens with two attached hydrogens (primary N) is 1. The molecule has 2 unspecified atom stereocenters. The zero-order chi connectivity index (χ0) is 11.4. The molecule has 0 amide bonds. The molecular formula is C12H22N4. The molecule has 1 fully saturated rings. The molecule has 1 aromatic rings. The Morgan fingerprint density at radius 1 is 1.56 bits per heavy atom. The van der Waals surface area contributed by atoms with Crippen LogP contribution in [0.5, 0.6) is 0 Å². The van der Waals surface area contributed by atoms with Crippen LogP contribution < -0.4 is 11.1 Å². The molecule has 1 aliphatic rings. The molecule has 1 heterocycles. The van der Waals surface area contributed by atoms with Gasteiger partial charge in [-0.1, -0.05) is 6.42 Å². The lowest BCUT2D eigenvalue weighted by molar-refractivity contribution is 0.341. The van der Waals surface area contributed by atoms with Gasteiger partial charge in [-0.15, -0.1) is 0 Å². The van der Waals surface area contributed by atoms with Crippen LogP contribution in [-0.2, 0) is 13.5 Å². The second kappa shape index (κ2) is 5.46. The molecule has 0 spiro atoms. The van der Waals surface area contributed by atoms with Gasteiger partial charge in [0.05, 0.1) is 6.20 Å². The van der Waals surface area contributed by atoms with E-state index in [1.54, 1.807) is 0 Å². The molecule has 2 atom stereocenters. The van der Waals surface area contributed by atoms with Crippen LogP contribution in [-0.4, -0.2) is 28.4 Å². The van der Waals surface area contributed by atoms with Gasteiger partial charge >= 0.3 is 0 Å². The van der Waals surface area contributed by atoms with Crippen LogP contribution in [0, 0.1) is 0 Å². The molecule has 0 aliphatic heterocycles. The van der Waals surface area contributed by atoms with Gasteiger partial charge in [0.25, 0.3) is 0 Å². The van der Waals surface area contributed by atoms with Crippen LogP contribution in [0.3, 0.4) is 0 Å². The fourth-order valence-corrected chi connectivity index (χ4v) is 2.43. The van der Waals surface area contributed by atoms with Gasteiger partial charge in [-0.3, -0.25) is 4.68 Å². The van der Waals surface area contributed by atoms with Crippen LogP contribution in [0.4, 0.5) is 0 Å². The first-order valence-corrected chi connectivity index (χ1v) is 6.20. The summed E-state index contributed by atoms with van der Waals surface area (Å²) in [5.74, 6) is 0. The van der Waals surface area contributed by atoms with Gasteiger partial charge in [-0.2, -0.15) is 5.10 Å². The Kier molecular flexibility index (Phi) is 3.96. The topological polar surface area (TPSA) is 55.9 Å². The van der Waals surface area contributed by atoms with E-state index in [1.807, 2.05) is 17.9 Å². The smallest absolute Gasteiger partial charge is 0.0522 e. The average molecular weight is 222 g/mol. The highest BCUT2D eigenvalue weighted by Crippen LogP contribution is 2.16. The molecule has 0 bridgehead atoms. The predicted octanol–water partition coefficient (Wildman–Crippen LogP) is 0.822. The van der Waals surface area contributed by atoms with Crippen LogP contribution in [0.15, 0.2) is 12.4 Å². The van der Waals surface area contributed by atoms with Crippen molar-refractivity contribution in [1.82, 2.24) is 15.1 Å². The summed E-state index contributed by atoms with van der Waals surface area (Å²) in [6, 6.07) is 1.03. The number of aromatic nitrogens is 2. The molecule has 16 heavy (non-hydrogen) atoms. The molecule has 0 aromatic carbocycles. The highest BCUT2D eigenvalue weighted by Gasteiger charge is 2.18. The summed E-state index contributed by atoms with van der Waals surface area (Å²) in [4.78, 5) is 0. The number of nitrogens with zero attached hydrogens (tertiary/aromatic N) is 2. The Balaban J connectivity index is 1.67. The van der Waals surface area contributed by atoms with Crippen molar-refractivity contribution in [3.05, 3.63) is 18.0 Å². The van der Waals surface area contributed by atoms with Crippen LogP contribution in [0.1, 0.15) is 31.2 Å². The van der Waals surface area contributed by atoms with E-state index in [0.29, 0.717) is 12.1 Å². The third-order valence-corrected chi connectivity index (χ3v) is 3.32. The summed E-state index contributed by atoms with van der Waals surface area (Å²) in [7, 11) is 1.96. The van der Waals surface area contributed by atoms with E-state index in [2.05, 4.69) is 16.6 Å². The van der Waals surface area contributed by atoms with E-state index in [9.17, 15) is 0 Å². The first-order valence-electron chi connectivity index (χ1n) is 6.20. The third-order valence-electron chi connectivity index (χ3n) is 3.32. The van der Waals surface area contributed by atoms with Gasteiger partial charge in [0.15, 0.2) is 0 Å². The summed E-state index contributed by atoms with van der Waals surface area (Å²) in [6.07, 6.45) is 9.95. The minimum atomic E-state index is 0.407. The van der Waals surface area contributed by atoms with E-state index in [4.69, 9.17) is 5.73 Å². The van der Waals surface area contributed by atoms with Crippen LogP contribution >= 0.6 is 0 Å². The van der Waals surface area contributed by atoms with Crippen molar-refractivity contribution in [2.24, 2.45) is 12.8 Å². The molecular weight excluding hydrogens is 200 g/mol. The minimum Gasteiger partial charge on any atom is -0.328 e. The highest BCUT2D eigenvalue weighted by atomic mass is 15.2. The Labute approximate surface area is 97.2 Å². The molecule has 90 valence electrons. The summed E-state index contributed by atoms with van der Waals surface area (Å²) >= 11 is 0. The molecule has 4 nitrogen and oxygen atoms in total.